The molecule has 2 aromatic rings. The van der Waals surface area contributed by atoms with Crippen molar-refractivity contribution in [2.24, 2.45) is 0 Å². The van der Waals surface area contributed by atoms with E-state index in [2.05, 4.69) is 5.32 Å². The number of rotatable bonds is 5. The van der Waals surface area contributed by atoms with Crippen LogP contribution in [-0.4, -0.2) is 56.3 Å². The molecule has 0 aromatic heterocycles. The third-order valence-electron chi connectivity index (χ3n) is 4.63. The van der Waals surface area contributed by atoms with E-state index in [1.807, 2.05) is 42.2 Å². The van der Waals surface area contributed by atoms with Crippen molar-refractivity contribution in [3.63, 3.8) is 0 Å². The van der Waals surface area contributed by atoms with Gasteiger partial charge in [-0.3, -0.25) is 9.69 Å². The summed E-state index contributed by atoms with van der Waals surface area (Å²) in [6.45, 7) is 3.63. The van der Waals surface area contributed by atoms with Crippen molar-refractivity contribution in [3.05, 3.63) is 59.7 Å². The lowest BCUT2D eigenvalue weighted by atomic mass is 10.2. The summed E-state index contributed by atoms with van der Waals surface area (Å²) in [4.78, 5) is 14.2. The van der Waals surface area contributed by atoms with Crippen LogP contribution < -0.4 is 5.32 Å². The van der Waals surface area contributed by atoms with E-state index < -0.39 is 10.0 Å². The van der Waals surface area contributed by atoms with Crippen LogP contribution in [0.25, 0.3) is 0 Å². The van der Waals surface area contributed by atoms with Crippen LogP contribution in [0.2, 0.25) is 0 Å². The van der Waals surface area contributed by atoms with E-state index in [4.69, 9.17) is 0 Å². The minimum Gasteiger partial charge on any atom is -0.325 e. The quantitative estimate of drug-likeness (QED) is 0.829. The SMILES string of the molecule is Cc1cccc(NC(=O)CN2CCN(S(=O)(=O)c3ccccc3C#N)CC2)c1. The maximum atomic E-state index is 12.8. The molecule has 0 atom stereocenters. The van der Waals surface area contributed by atoms with E-state index in [-0.39, 0.29) is 36.0 Å². The van der Waals surface area contributed by atoms with Crippen LogP contribution >= 0.6 is 0 Å². The summed E-state index contributed by atoms with van der Waals surface area (Å²) in [6.07, 6.45) is 0. The van der Waals surface area contributed by atoms with Gasteiger partial charge in [-0.15, -0.1) is 0 Å². The second-order valence-electron chi connectivity index (χ2n) is 6.71. The number of hydrogen-bond acceptors (Lipinski definition) is 5. The molecule has 1 aliphatic rings. The van der Waals surface area contributed by atoms with Crippen molar-refractivity contribution in [1.29, 1.82) is 5.26 Å². The molecule has 0 unspecified atom stereocenters. The summed E-state index contributed by atoms with van der Waals surface area (Å²) in [5, 5.41) is 12.0. The number of sulfonamides is 1. The molecule has 3 rings (SSSR count). The van der Waals surface area contributed by atoms with Crippen molar-refractivity contribution in [2.75, 3.05) is 38.0 Å². The zero-order chi connectivity index (χ0) is 20.1. The Balaban J connectivity index is 1.58. The monoisotopic (exact) mass is 398 g/mol. The Kier molecular flexibility index (Phi) is 6.09. The first-order valence-corrected chi connectivity index (χ1v) is 10.4. The zero-order valence-corrected chi connectivity index (χ0v) is 16.4. The lowest BCUT2D eigenvalue weighted by Crippen LogP contribution is -2.50. The van der Waals surface area contributed by atoms with Crippen LogP contribution in [0.5, 0.6) is 0 Å². The van der Waals surface area contributed by atoms with Crippen molar-refractivity contribution in [3.8, 4) is 6.07 Å². The molecule has 7 nitrogen and oxygen atoms in total. The summed E-state index contributed by atoms with van der Waals surface area (Å²) >= 11 is 0. The minimum atomic E-state index is -3.73. The number of anilines is 1. The Morgan fingerprint density at radius 3 is 2.50 bits per heavy atom. The Morgan fingerprint density at radius 2 is 1.82 bits per heavy atom. The van der Waals surface area contributed by atoms with Crippen molar-refractivity contribution in [2.45, 2.75) is 11.8 Å². The van der Waals surface area contributed by atoms with Gasteiger partial charge < -0.3 is 5.32 Å². The van der Waals surface area contributed by atoms with Crippen LogP contribution in [0.1, 0.15) is 11.1 Å². The highest BCUT2D eigenvalue weighted by Crippen LogP contribution is 2.21. The van der Waals surface area contributed by atoms with Crippen LogP contribution in [0.3, 0.4) is 0 Å². The maximum Gasteiger partial charge on any atom is 0.244 e. The fourth-order valence-electron chi connectivity index (χ4n) is 3.18. The van der Waals surface area contributed by atoms with Gasteiger partial charge in [-0.05, 0) is 36.8 Å². The van der Waals surface area contributed by atoms with E-state index in [1.165, 1.54) is 16.4 Å². The van der Waals surface area contributed by atoms with Gasteiger partial charge in [0.1, 0.15) is 6.07 Å². The first-order chi connectivity index (χ1) is 13.4. The van der Waals surface area contributed by atoms with Crippen LogP contribution in [0.4, 0.5) is 5.69 Å². The lowest BCUT2D eigenvalue weighted by Gasteiger charge is -2.33. The molecule has 2 aromatic carbocycles. The second-order valence-corrected chi connectivity index (χ2v) is 8.61. The Hall–Kier alpha value is -2.73. The average Bonchev–Trinajstić information content (AvgIpc) is 2.68. The number of hydrogen-bond donors (Lipinski definition) is 1. The number of amides is 1. The molecular weight excluding hydrogens is 376 g/mol. The topological polar surface area (TPSA) is 93.5 Å². The summed E-state index contributed by atoms with van der Waals surface area (Å²) < 4.78 is 27.1. The molecule has 1 aliphatic heterocycles. The number of nitrogens with one attached hydrogen (secondary N) is 1. The smallest absolute Gasteiger partial charge is 0.244 e. The third-order valence-corrected chi connectivity index (χ3v) is 6.58. The number of benzene rings is 2. The molecular formula is C20H22N4O3S. The predicted octanol–water partition coefficient (Wildman–Crippen LogP) is 1.81. The average molecular weight is 398 g/mol. The van der Waals surface area contributed by atoms with E-state index >= 15 is 0 Å². The summed E-state index contributed by atoms with van der Waals surface area (Å²) in [5.74, 6) is -0.128. The number of nitrogens with zero attached hydrogens (tertiary/aromatic N) is 3. The van der Waals surface area contributed by atoms with Gasteiger partial charge >= 0.3 is 0 Å². The van der Waals surface area contributed by atoms with Gasteiger partial charge in [-0.25, -0.2) is 8.42 Å². The summed E-state index contributed by atoms with van der Waals surface area (Å²) in [7, 11) is -3.73. The normalized spacial score (nSPS) is 15.7. The lowest BCUT2D eigenvalue weighted by molar-refractivity contribution is -0.117. The van der Waals surface area contributed by atoms with Crippen molar-refractivity contribution >= 4 is 21.6 Å². The molecule has 0 saturated carbocycles. The number of piperazine rings is 1. The van der Waals surface area contributed by atoms with E-state index in [0.29, 0.717) is 13.1 Å². The van der Waals surface area contributed by atoms with Crippen LogP contribution in [-0.2, 0) is 14.8 Å². The number of carbonyl (C=O) groups excluding carboxylic acids is 1. The van der Waals surface area contributed by atoms with Gasteiger partial charge in [0.25, 0.3) is 0 Å². The predicted molar refractivity (Wildman–Crippen MR) is 106 cm³/mol. The van der Waals surface area contributed by atoms with Gasteiger partial charge in [0.15, 0.2) is 0 Å². The first kappa shape index (κ1) is 20.0. The highest BCUT2D eigenvalue weighted by Gasteiger charge is 2.30. The molecule has 1 amide bonds. The molecule has 1 saturated heterocycles. The van der Waals surface area contributed by atoms with Crippen LogP contribution in [0.15, 0.2) is 53.4 Å². The molecule has 1 fully saturated rings. The Labute approximate surface area is 165 Å². The molecule has 0 radical (unpaired) electrons. The zero-order valence-electron chi connectivity index (χ0n) is 15.6. The van der Waals surface area contributed by atoms with E-state index in [1.54, 1.807) is 12.1 Å². The van der Waals surface area contributed by atoms with Crippen molar-refractivity contribution < 1.29 is 13.2 Å². The molecule has 146 valence electrons. The van der Waals surface area contributed by atoms with Gasteiger partial charge in [0, 0.05) is 31.9 Å². The molecule has 0 bridgehead atoms. The van der Waals surface area contributed by atoms with Crippen LogP contribution in [0, 0.1) is 18.3 Å². The summed E-state index contributed by atoms with van der Waals surface area (Å²) in [6, 6.07) is 15.7. The number of nitriles is 1. The van der Waals surface area contributed by atoms with E-state index in [9.17, 15) is 18.5 Å². The fourth-order valence-corrected chi connectivity index (χ4v) is 4.74. The Bertz CT molecular complexity index is 1010. The molecule has 1 heterocycles. The minimum absolute atomic E-state index is 0.0307. The van der Waals surface area contributed by atoms with Gasteiger partial charge in [0.05, 0.1) is 17.0 Å². The number of carbonyl (C=O) groups is 1. The van der Waals surface area contributed by atoms with Crippen molar-refractivity contribution in [1.82, 2.24) is 9.21 Å². The van der Waals surface area contributed by atoms with E-state index in [0.717, 1.165) is 11.3 Å². The molecule has 8 heteroatoms. The molecule has 1 N–H and O–H groups in total. The summed E-state index contributed by atoms with van der Waals surface area (Å²) in [5.41, 5.74) is 1.95. The van der Waals surface area contributed by atoms with Gasteiger partial charge in [-0.2, -0.15) is 9.57 Å². The standard InChI is InChI=1S/C20H22N4O3S/c1-16-5-4-7-18(13-16)22-20(25)15-23-9-11-24(12-10-23)28(26,27)19-8-3-2-6-17(19)14-21/h2-8,13H,9-12,15H2,1H3,(H,22,25). The van der Waals surface area contributed by atoms with Gasteiger partial charge in [0.2, 0.25) is 15.9 Å². The third kappa shape index (κ3) is 4.57. The second kappa shape index (κ2) is 8.52. The highest BCUT2D eigenvalue weighted by atomic mass is 32.2. The molecule has 0 spiro atoms. The van der Waals surface area contributed by atoms with Gasteiger partial charge in [-0.1, -0.05) is 24.3 Å². The largest absolute Gasteiger partial charge is 0.325 e. The fraction of sp³-hybridized carbons (Fsp3) is 0.300. The number of aryl methyl sites for hydroxylation is 1. The molecule has 28 heavy (non-hydrogen) atoms. The Morgan fingerprint density at radius 1 is 1.11 bits per heavy atom. The molecule has 0 aliphatic carbocycles. The maximum absolute atomic E-state index is 12.8. The first-order valence-electron chi connectivity index (χ1n) is 8.98. The highest BCUT2D eigenvalue weighted by molar-refractivity contribution is 7.89.